The zero-order valence-corrected chi connectivity index (χ0v) is 17.1. The highest BCUT2D eigenvalue weighted by Gasteiger charge is 2.22. The first-order chi connectivity index (χ1) is 11.7. The van der Waals surface area contributed by atoms with Crippen LogP contribution in [0.1, 0.15) is 18.1 Å². The third-order valence-electron chi connectivity index (χ3n) is 3.75. The average molecular weight is 428 g/mol. The molecule has 0 saturated carbocycles. The highest BCUT2D eigenvalue weighted by molar-refractivity contribution is 9.10. The van der Waals surface area contributed by atoms with Gasteiger partial charge in [-0.15, -0.1) is 0 Å². The van der Waals surface area contributed by atoms with Crippen LogP contribution in [-0.2, 0) is 10.0 Å². The van der Waals surface area contributed by atoms with Gasteiger partial charge in [-0.25, -0.2) is 13.1 Å². The molecule has 0 unspecified atom stereocenters. The number of benzene rings is 2. The molecule has 1 N–H and O–H groups in total. The van der Waals surface area contributed by atoms with Gasteiger partial charge in [-0.1, -0.05) is 22.0 Å². The van der Waals surface area contributed by atoms with Crippen molar-refractivity contribution in [3.8, 4) is 11.5 Å². The SMILES string of the molecule is COc1ccc(Br)cc1S(=O)(=O)N[C@H](C)COc1ccc(C)c(C)c1. The van der Waals surface area contributed by atoms with Crippen LogP contribution < -0.4 is 14.2 Å². The number of methoxy groups -OCH3 is 1. The Morgan fingerprint density at radius 1 is 1.12 bits per heavy atom. The minimum absolute atomic E-state index is 0.0856. The largest absolute Gasteiger partial charge is 0.495 e. The van der Waals surface area contributed by atoms with E-state index in [2.05, 4.69) is 20.7 Å². The summed E-state index contributed by atoms with van der Waals surface area (Å²) in [5.41, 5.74) is 2.31. The Hall–Kier alpha value is -1.57. The quantitative estimate of drug-likeness (QED) is 0.729. The molecule has 0 aliphatic rings. The number of halogens is 1. The summed E-state index contributed by atoms with van der Waals surface area (Å²) in [6.45, 7) is 6.01. The van der Waals surface area contributed by atoms with Gasteiger partial charge < -0.3 is 9.47 Å². The summed E-state index contributed by atoms with van der Waals surface area (Å²) >= 11 is 3.29. The summed E-state index contributed by atoms with van der Waals surface area (Å²) in [6, 6.07) is 10.2. The third kappa shape index (κ3) is 5.20. The van der Waals surface area contributed by atoms with E-state index in [0.29, 0.717) is 10.2 Å². The Morgan fingerprint density at radius 2 is 1.84 bits per heavy atom. The molecule has 136 valence electrons. The van der Waals surface area contributed by atoms with Gasteiger partial charge in [0.25, 0.3) is 0 Å². The fourth-order valence-electron chi connectivity index (χ4n) is 2.25. The summed E-state index contributed by atoms with van der Waals surface area (Å²) in [6.07, 6.45) is 0. The van der Waals surface area contributed by atoms with Crippen molar-refractivity contribution in [2.45, 2.75) is 31.7 Å². The summed E-state index contributed by atoms with van der Waals surface area (Å²) in [7, 11) is -2.29. The normalized spacial score (nSPS) is 12.7. The van der Waals surface area contributed by atoms with Crippen molar-refractivity contribution in [2.75, 3.05) is 13.7 Å². The zero-order valence-electron chi connectivity index (χ0n) is 14.7. The second kappa shape index (κ2) is 8.21. The Kier molecular flexibility index (Phi) is 6.48. The van der Waals surface area contributed by atoms with Gasteiger partial charge in [-0.3, -0.25) is 0 Å². The van der Waals surface area contributed by atoms with Crippen molar-refractivity contribution >= 4 is 26.0 Å². The maximum absolute atomic E-state index is 12.6. The first-order valence-electron chi connectivity index (χ1n) is 7.79. The molecule has 0 aliphatic heterocycles. The number of hydrogen-bond donors (Lipinski definition) is 1. The lowest BCUT2D eigenvalue weighted by Gasteiger charge is -2.17. The number of ether oxygens (including phenoxy) is 2. The smallest absolute Gasteiger partial charge is 0.244 e. The van der Waals surface area contributed by atoms with Gasteiger partial charge in [0.1, 0.15) is 23.0 Å². The summed E-state index contributed by atoms with van der Waals surface area (Å²) < 4.78 is 39.4. The molecule has 25 heavy (non-hydrogen) atoms. The maximum atomic E-state index is 12.6. The van der Waals surface area contributed by atoms with E-state index in [1.54, 1.807) is 19.1 Å². The lowest BCUT2D eigenvalue weighted by Crippen LogP contribution is -2.36. The minimum Gasteiger partial charge on any atom is -0.495 e. The van der Waals surface area contributed by atoms with Crippen molar-refractivity contribution in [1.82, 2.24) is 4.72 Å². The second-order valence-corrected chi connectivity index (χ2v) is 8.47. The predicted octanol–water partition coefficient (Wildman–Crippen LogP) is 3.82. The second-order valence-electron chi connectivity index (χ2n) is 5.87. The molecule has 5 nitrogen and oxygen atoms in total. The lowest BCUT2D eigenvalue weighted by molar-refractivity contribution is 0.287. The summed E-state index contributed by atoms with van der Waals surface area (Å²) in [5, 5.41) is 0. The molecule has 2 rings (SSSR count). The number of aryl methyl sites for hydroxylation is 2. The summed E-state index contributed by atoms with van der Waals surface area (Å²) in [4.78, 5) is 0.0856. The van der Waals surface area contributed by atoms with Crippen LogP contribution in [0, 0.1) is 13.8 Å². The van der Waals surface area contributed by atoms with E-state index in [1.807, 2.05) is 32.0 Å². The van der Waals surface area contributed by atoms with E-state index >= 15 is 0 Å². The van der Waals surface area contributed by atoms with Crippen LogP contribution in [0.3, 0.4) is 0 Å². The molecule has 2 aromatic carbocycles. The van der Waals surface area contributed by atoms with Crippen molar-refractivity contribution in [2.24, 2.45) is 0 Å². The molecule has 0 aliphatic carbocycles. The topological polar surface area (TPSA) is 64.6 Å². The van der Waals surface area contributed by atoms with Gasteiger partial charge in [0.15, 0.2) is 0 Å². The number of hydrogen-bond acceptors (Lipinski definition) is 4. The Balaban J connectivity index is 2.07. The molecule has 1 atom stereocenters. The fraction of sp³-hybridized carbons (Fsp3) is 0.333. The van der Waals surface area contributed by atoms with Crippen molar-refractivity contribution < 1.29 is 17.9 Å². The molecule has 0 aromatic heterocycles. The maximum Gasteiger partial charge on any atom is 0.244 e. The van der Waals surface area contributed by atoms with Crippen molar-refractivity contribution in [1.29, 1.82) is 0 Å². The standard InChI is InChI=1S/C18H22BrNO4S/c1-12-5-7-16(9-13(12)2)24-11-14(3)20-25(21,22)18-10-15(19)6-8-17(18)23-4/h5-10,14,20H,11H2,1-4H3/t14-/m1/s1. The average Bonchev–Trinajstić information content (AvgIpc) is 2.55. The molecule has 7 heteroatoms. The monoisotopic (exact) mass is 427 g/mol. The highest BCUT2D eigenvalue weighted by Crippen LogP contribution is 2.27. The van der Waals surface area contributed by atoms with E-state index in [-0.39, 0.29) is 17.3 Å². The minimum atomic E-state index is -3.73. The first-order valence-corrected chi connectivity index (χ1v) is 10.1. The van der Waals surface area contributed by atoms with E-state index in [4.69, 9.17) is 9.47 Å². The van der Waals surface area contributed by atoms with Gasteiger partial charge in [0, 0.05) is 4.47 Å². The van der Waals surface area contributed by atoms with Gasteiger partial charge >= 0.3 is 0 Å². The molecule has 0 spiro atoms. The van der Waals surface area contributed by atoms with Gasteiger partial charge in [0.2, 0.25) is 10.0 Å². The molecule has 0 bridgehead atoms. The van der Waals surface area contributed by atoms with E-state index in [0.717, 1.165) is 5.56 Å². The molecular formula is C18H22BrNO4S. The van der Waals surface area contributed by atoms with Gasteiger partial charge in [-0.2, -0.15) is 0 Å². The highest BCUT2D eigenvalue weighted by atomic mass is 79.9. The molecule has 0 amide bonds. The number of sulfonamides is 1. The van der Waals surface area contributed by atoms with E-state index in [1.165, 1.54) is 18.7 Å². The molecule has 0 heterocycles. The van der Waals surface area contributed by atoms with Crippen LogP contribution in [0.4, 0.5) is 0 Å². The molecular weight excluding hydrogens is 406 g/mol. The van der Waals surface area contributed by atoms with Crippen LogP contribution in [-0.4, -0.2) is 28.2 Å². The molecule has 2 aromatic rings. The molecule has 0 fully saturated rings. The van der Waals surface area contributed by atoms with E-state index in [9.17, 15) is 8.42 Å². The van der Waals surface area contributed by atoms with Crippen molar-refractivity contribution in [3.05, 3.63) is 52.0 Å². The van der Waals surface area contributed by atoms with Gasteiger partial charge in [0.05, 0.1) is 13.2 Å². The Bertz CT molecular complexity index is 852. The fourth-order valence-corrected chi connectivity index (χ4v) is 4.18. The van der Waals surface area contributed by atoms with Crippen LogP contribution in [0.5, 0.6) is 11.5 Å². The third-order valence-corrected chi connectivity index (χ3v) is 5.85. The van der Waals surface area contributed by atoms with Gasteiger partial charge in [-0.05, 0) is 62.2 Å². The Labute approximate surface area is 157 Å². The lowest BCUT2D eigenvalue weighted by atomic mass is 10.1. The van der Waals surface area contributed by atoms with Crippen molar-refractivity contribution in [3.63, 3.8) is 0 Å². The zero-order chi connectivity index (χ0) is 18.6. The van der Waals surface area contributed by atoms with Crippen LogP contribution in [0.2, 0.25) is 0 Å². The molecule has 0 saturated heterocycles. The number of nitrogens with one attached hydrogen (secondary N) is 1. The Morgan fingerprint density at radius 3 is 2.48 bits per heavy atom. The van der Waals surface area contributed by atoms with Crippen LogP contribution in [0.25, 0.3) is 0 Å². The first kappa shape index (κ1) is 19.8. The predicted molar refractivity (Wildman–Crippen MR) is 102 cm³/mol. The van der Waals surface area contributed by atoms with Crippen LogP contribution in [0.15, 0.2) is 45.8 Å². The molecule has 0 radical (unpaired) electrons. The summed E-state index contributed by atoms with van der Waals surface area (Å²) in [5.74, 6) is 1.01. The van der Waals surface area contributed by atoms with E-state index < -0.39 is 16.1 Å². The number of rotatable bonds is 7. The van der Waals surface area contributed by atoms with Crippen LogP contribution >= 0.6 is 15.9 Å².